The van der Waals surface area contributed by atoms with Crippen molar-refractivity contribution in [2.75, 3.05) is 18.1 Å². The molecule has 0 unspecified atom stereocenters. The number of nitrogens with zero attached hydrogens (tertiary/aromatic N) is 8. The van der Waals surface area contributed by atoms with Crippen LogP contribution in [0.5, 0.6) is 0 Å². The number of hydrogen-bond acceptors (Lipinski definition) is 8. The minimum atomic E-state index is 0.275. The van der Waals surface area contributed by atoms with Crippen LogP contribution in [0.4, 0.5) is 5.95 Å². The first-order valence-electron chi connectivity index (χ1n) is 13.8. The lowest BCUT2D eigenvalue weighted by Gasteiger charge is -2.39. The Kier molecular flexibility index (Phi) is 6.24. The van der Waals surface area contributed by atoms with Gasteiger partial charge in [-0.3, -0.25) is 4.98 Å². The van der Waals surface area contributed by atoms with E-state index in [1.165, 1.54) is 32.1 Å². The maximum absolute atomic E-state index is 6.41. The van der Waals surface area contributed by atoms with Crippen molar-refractivity contribution in [1.82, 2.24) is 40.1 Å². The smallest absolute Gasteiger partial charge is 0.223 e. The van der Waals surface area contributed by atoms with Gasteiger partial charge in [-0.1, -0.05) is 31.4 Å². The van der Waals surface area contributed by atoms with Crippen molar-refractivity contribution in [2.24, 2.45) is 11.8 Å². The number of rotatable bonds is 5. The van der Waals surface area contributed by atoms with E-state index in [2.05, 4.69) is 42.0 Å². The first kappa shape index (κ1) is 24.0. The second kappa shape index (κ2) is 9.89. The molecule has 1 saturated heterocycles. The van der Waals surface area contributed by atoms with Crippen LogP contribution in [0.25, 0.3) is 33.8 Å². The van der Waals surface area contributed by atoms with Crippen LogP contribution in [0.3, 0.4) is 0 Å². The van der Waals surface area contributed by atoms with Gasteiger partial charge in [-0.2, -0.15) is 5.21 Å². The van der Waals surface area contributed by atoms with Crippen LogP contribution in [0, 0.1) is 11.8 Å². The fraction of sp³-hybridized carbons (Fsp3) is 0.556. The molecule has 0 amide bonds. The molecule has 2 atom stereocenters. The van der Waals surface area contributed by atoms with Gasteiger partial charge < -0.3 is 14.2 Å². The first-order valence-corrected chi connectivity index (χ1v) is 14.2. The standard InChI is InChI=1S/C27H32ClN9O/c1-16-5-7-17(8-6-16)15-37-25-20(31-27(37)36-9-10-38-23-4-2-3-22(23)36)12-21(26-32-34-35-33-26)30-24(25)18-11-19(28)14-29-13-18/h11-14,16-17,22-23H,2-10,15H2,1H3,(H,32,33,34,35)/t16?,17?,22-,23-/m1/s1. The Bertz CT molecular complexity index is 1430. The zero-order valence-electron chi connectivity index (χ0n) is 21.6. The lowest BCUT2D eigenvalue weighted by atomic mass is 9.83. The topological polar surface area (TPSA) is 111 Å². The molecular formula is C27H32ClN9O. The molecule has 7 rings (SSSR count). The number of morpholine rings is 1. The van der Waals surface area contributed by atoms with Gasteiger partial charge in [0, 0.05) is 31.0 Å². The van der Waals surface area contributed by atoms with E-state index in [4.69, 9.17) is 26.3 Å². The van der Waals surface area contributed by atoms with Crippen molar-refractivity contribution in [3.05, 3.63) is 29.5 Å². The Labute approximate surface area is 226 Å². The van der Waals surface area contributed by atoms with Gasteiger partial charge in [0.2, 0.25) is 11.8 Å². The number of ether oxygens (including phenoxy) is 1. The Balaban J connectivity index is 1.43. The summed E-state index contributed by atoms with van der Waals surface area (Å²) in [7, 11) is 0. The maximum Gasteiger partial charge on any atom is 0.223 e. The number of halogens is 1. The van der Waals surface area contributed by atoms with Gasteiger partial charge >= 0.3 is 0 Å². The summed E-state index contributed by atoms with van der Waals surface area (Å²) in [5.41, 5.74) is 4.13. The molecule has 2 saturated carbocycles. The number of fused-ring (bicyclic) bond motifs is 2. The average Bonchev–Trinajstić information content (AvgIpc) is 3.70. The van der Waals surface area contributed by atoms with Gasteiger partial charge in [0.1, 0.15) is 5.69 Å². The summed E-state index contributed by atoms with van der Waals surface area (Å²) in [4.78, 5) is 17.2. The Hall–Kier alpha value is -3.11. The molecule has 198 valence electrons. The number of hydrogen-bond donors (Lipinski definition) is 1. The Morgan fingerprint density at radius 1 is 1.08 bits per heavy atom. The van der Waals surface area contributed by atoms with Crippen molar-refractivity contribution >= 4 is 28.6 Å². The van der Waals surface area contributed by atoms with Gasteiger partial charge in [0.05, 0.1) is 40.5 Å². The number of nitrogens with one attached hydrogen (secondary N) is 1. The molecule has 10 nitrogen and oxygen atoms in total. The molecule has 2 aliphatic carbocycles. The van der Waals surface area contributed by atoms with Crippen LogP contribution in [0.15, 0.2) is 24.5 Å². The largest absolute Gasteiger partial charge is 0.374 e. The highest BCUT2D eigenvalue weighted by Crippen LogP contribution is 2.39. The van der Waals surface area contributed by atoms with Gasteiger partial charge in [-0.05, 0) is 61.3 Å². The van der Waals surface area contributed by atoms with Crippen LogP contribution < -0.4 is 4.90 Å². The van der Waals surface area contributed by atoms with E-state index in [0.29, 0.717) is 28.5 Å². The number of aromatic amines is 1. The number of aromatic nitrogens is 8. The normalized spacial score (nSPS) is 25.7. The van der Waals surface area contributed by atoms with Gasteiger partial charge in [-0.25, -0.2) is 9.97 Å². The van der Waals surface area contributed by atoms with E-state index in [9.17, 15) is 0 Å². The summed E-state index contributed by atoms with van der Waals surface area (Å²) < 4.78 is 8.59. The molecule has 1 N–H and O–H groups in total. The van der Waals surface area contributed by atoms with Crippen molar-refractivity contribution in [1.29, 1.82) is 0 Å². The van der Waals surface area contributed by atoms with Crippen molar-refractivity contribution in [3.8, 4) is 22.8 Å². The lowest BCUT2D eigenvalue weighted by molar-refractivity contribution is 0.0247. The molecule has 3 aliphatic rings. The molecule has 0 radical (unpaired) electrons. The third-order valence-electron chi connectivity index (χ3n) is 8.57. The monoisotopic (exact) mass is 533 g/mol. The summed E-state index contributed by atoms with van der Waals surface area (Å²) >= 11 is 6.41. The number of pyridine rings is 2. The van der Waals surface area contributed by atoms with Gasteiger partial charge in [-0.15, -0.1) is 10.2 Å². The minimum absolute atomic E-state index is 0.275. The second-order valence-corrected chi connectivity index (χ2v) is 11.5. The lowest BCUT2D eigenvalue weighted by Crippen LogP contribution is -2.49. The van der Waals surface area contributed by atoms with Crippen LogP contribution >= 0.6 is 11.6 Å². The second-order valence-electron chi connectivity index (χ2n) is 11.1. The molecule has 4 aromatic heterocycles. The molecule has 0 bridgehead atoms. The van der Waals surface area contributed by atoms with Gasteiger partial charge in [0.25, 0.3) is 0 Å². The molecule has 3 fully saturated rings. The third kappa shape index (κ3) is 4.33. The molecule has 0 spiro atoms. The van der Waals surface area contributed by atoms with Crippen molar-refractivity contribution in [2.45, 2.75) is 70.6 Å². The number of tetrazole rings is 1. The molecular weight excluding hydrogens is 502 g/mol. The highest BCUT2D eigenvalue weighted by atomic mass is 35.5. The highest BCUT2D eigenvalue weighted by molar-refractivity contribution is 6.30. The predicted octanol–water partition coefficient (Wildman–Crippen LogP) is 4.91. The van der Waals surface area contributed by atoms with Crippen LogP contribution in [0.2, 0.25) is 5.02 Å². The maximum atomic E-state index is 6.41. The molecule has 0 aromatic carbocycles. The average molecular weight is 534 g/mol. The minimum Gasteiger partial charge on any atom is -0.374 e. The van der Waals surface area contributed by atoms with Gasteiger partial charge in [0.15, 0.2) is 0 Å². The molecule has 38 heavy (non-hydrogen) atoms. The molecule has 4 aromatic rings. The summed E-state index contributed by atoms with van der Waals surface area (Å²) in [5.74, 6) is 2.85. The summed E-state index contributed by atoms with van der Waals surface area (Å²) in [6.07, 6.45) is 12.2. The summed E-state index contributed by atoms with van der Waals surface area (Å²) in [6.45, 7) is 4.85. The summed E-state index contributed by atoms with van der Waals surface area (Å²) in [6, 6.07) is 4.25. The molecule has 5 heterocycles. The number of anilines is 1. The van der Waals surface area contributed by atoms with E-state index in [0.717, 1.165) is 66.7 Å². The fourth-order valence-electron chi connectivity index (χ4n) is 6.61. The zero-order valence-corrected chi connectivity index (χ0v) is 22.3. The van der Waals surface area contributed by atoms with Crippen LogP contribution in [0.1, 0.15) is 51.9 Å². The number of imidazole rings is 1. The quantitative estimate of drug-likeness (QED) is 0.385. The Morgan fingerprint density at radius 3 is 2.79 bits per heavy atom. The van der Waals surface area contributed by atoms with Crippen molar-refractivity contribution in [3.63, 3.8) is 0 Å². The summed E-state index contributed by atoms with van der Waals surface area (Å²) in [5, 5.41) is 15.3. The predicted molar refractivity (Wildman–Crippen MR) is 145 cm³/mol. The number of H-pyrrole nitrogens is 1. The van der Waals surface area contributed by atoms with Crippen LogP contribution in [-0.4, -0.2) is 65.4 Å². The van der Waals surface area contributed by atoms with E-state index >= 15 is 0 Å². The van der Waals surface area contributed by atoms with E-state index < -0.39 is 0 Å². The third-order valence-corrected chi connectivity index (χ3v) is 8.78. The molecule has 11 heteroatoms. The first-order chi connectivity index (χ1) is 18.6. The van der Waals surface area contributed by atoms with E-state index in [1.54, 1.807) is 6.20 Å². The SMILES string of the molecule is CC1CCC(Cn2c(N3CCO[C@@H]4CCC[C@H]43)nc3cc(-c4nn[nH]n4)nc(-c4cncc(Cl)c4)c32)CC1. The van der Waals surface area contributed by atoms with Crippen LogP contribution in [-0.2, 0) is 11.3 Å². The highest BCUT2D eigenvalue weighted by Gasteiger charge is 2.39. The fourth-order valence-corrected chi connectivity index (χ4v) is 6.78. The Morgan fingerprint density at radius 2 is 1.97 bits per heavy atom. The van der Waals surface area contributed by atoms with Crippen molar-refractivity contribution < 1.29 is 4.74 Å². The van der Waals surface area contributed by atoms with E-state index in [-0.39, 0.29) is 6.10 Å². The zero-order chi connectivity index (χ0) is 25.6. The van der Waals surface area contributed by atoms with E-state index in [1.807, 2.05) is 18.3 Å². The molecule has 1 aliphatic heterocycles.